The highest BCUT2D eigenvalue weighted by Gasteiger charge is 2.30. The first-order valence-electron chi connectivity index (χ1n) is 10.4. The Bertz CT molecular complexity index is 1050. The van der Waals surface area contributed by atoms with Crippen molar-refractivity contribution in [2.45, 2.75) is 43.6 Å². The molecule has 0 amide bonds. The molecule has 6 nitrogen and oxygen atoms in total. The van der Waals surface area contributed by atoms with Crippen molar-refractivity contribution in [2.24, 2.45) is 5.92 Å². The lowest BCUT2D eigenvalue weighted by Gasteiger charge is -2.36. The van der Waals surface area contributed by atoms with E-state index in [1.54, 1.807) is 31.4 Å². The van der Waals surface area contributed by atoms with Gasteiger partial charge in [-0.2, -0.15) is 4.31 Å². The maximum Gasteiger partial charge on any atom is 0.252 e. The van der Waals surface area contributed by atoms with Crippen LogP contribution < -0.4 is 4.90 Å². The maximum absolute atomic E-state index is 12.8. The molecule has 0 bridgehead atoms. The summed E-state index contributed by atoms with van der Waals surface area (Å²) in [6.45, 7) is 9.08. The predicted octanol–water partition coefficient (Wildman–Crippen LogP) is 2.85. The summed E-state index contributed by atoms with van der Waals surface area (Å²) in [5.41, 5.74) is 1.32. The summed E-state index contributed by atoms with van der Waals surface area (Å²) >= 11 is 1.23. The highest BCUT2D eigenvalue weighted by Crippen LogP contribution is 2.29. The summed E-state index contributed by atoms with van der Waals surface area (Å²) in [4.78, 5) is 2.11. The smallest absolute Gasteiger partial charge is 0.252 e. The largest absolute Gasteiger partial charge is 0.386 e. The van der Waals surface area contributed by atoms with Gasteiger partial charge in [0.15, 0.2) is 0 Å². The van der Waals surface area contributed by atoms with Crippen molar-refractivity contribution in [2.75, 3.05) is 31.1 Å². The molecule has 8 heteroatoms. The van der Waals surface area contributed by atoms with Crippen LogP contribution in [0, 0.1) is 17.8 Å². The zero-order chi connectivity index (χ0) is 22.8. The Morgan fingerprint density at radius 2 is 1.81 bits per heavy atom. The van der Waals surface area contributed by atoms with Crippen LogP contribution in [-0.4, -0.2) is 55.2 Å². The summed E-state index contributed by atoms with van der Waals surface area (Å²) < 4.78 is 27.5. The van der Waals surface area contributed by atoms with Gasteiger partial charge in [-0.05, 0) is 48.9 Å². The first kappa shape index (κ1) is 23.8. The molecule has 1 aliphatic heterocycles. The SMILES string of the molecule is CC(C)[C@H](O)C#Cc1cc(C(C)(C)O)ccc1N1CCN(S(=O)(=O)c2cccs2)CC1. The fraction of sp³-hybridized carbons (Fsp3) is 0.478. The molecule has 2 heterocycles. The average Bonchev–Trinajstić information content (AvgIpc) is 3.27. The summed E-state index contributed by atoms with van der Waals surface area (Å²) in [5, 5.41) is 22.3. The van der Waals surface area contributed by atoms with Crippen LogP contribution in [0.2, 0.25) is 0 Å². The van der Waals surface area contributed by atoms with E-state index in [0.717, 1.165) is 11.3 Å². The van der Waals surface area contributed by atoms with E-state index in [4.69, 9.17) is 0 Å². The van der Waals surface area contributed by atoms with Crippen molar-refractivity contribution in [1.29, 1.82) is 0 Å². The Balaban J connectivity index is 1.85. The molecular weight excluding hydrogens is 432 g/mol. The molecule has 0 saturated carbocycles. The van der Waals surface area contributed by atoms with Gasteiger partial charge in [0, 0.05) is 31.7 Å². The van der Waals surface area contributed by atoms with Gasteiger partial charge in [0.25, 0.3) is 10.0 Å². The van der Waals surface area contributed by atoms with Crippen LogP contribution >= 0.6 is 11.3 Å². The van der Waals surface area contributed by atoms with E-state index in [2.05, 4.69) is 16.7 Å². The Morgan fingerprint density at radius 1 is 1.13 bits per heavy atom. The minimum Gasteiger partial charge on any atom is -0.386 e. The minimum atomic E-state index is -3.46. The van der Waals surface area contributed by atoms with Crippen molar-refractivity contribution in [3.63, 3.8) is 0 Å². The van der Waals surface area contributed by atoms with Gasteiger partial charge in [0.05, 0.1) is 11.3 Å². The van der Waals surface area contributed by atoms with Crippen LogP contribution in [0.5, 0.6) is 0 Å². The van der Waals surface area contributed by atoms with E-state index in [-0.39, 0.29) is 5.92 Å². The molecule has 0 unspecified atom stereocenters. The molecule has 1 aromatic heterocycles. The summed E-state index contributed by atoms with van der Waals surface area (Å²) in [7, 11) is -3.46. The maximum atomic E-state index is 12.8. The van der Waals surface area contributed by atoms with Gasteiger partial charge in [-0.25, -0.2) is 8.42 Å². The number of rotatable bonds is 5. The number of aliphatic hydroxyl groups excluding tert-OH is 1. The molecule has 1 aromatic carbocycles. The van der Waals surface area contributed by atoms with Crippen LogP contribution in [0.25, 0.3) is 0 Å². The topological polar surface area (TPSA) is 81.1 Å². The lowest BCUT2D eigenvalue weighted by atomic mass is 9.95. The quantitative estimate of drug-likeness (QED) is 0.668. The van der Waals surface area contributed by atoms with Gasteiger partial charge < -0.3 is 15.1 Å². The van der Waals surface area contributed by atoms with Gasteiger partial charge in [-0.1, -0.05) is 37.8 Å². The molecule has 0 spiro atoms. The normalized spacial score (nSPS) is 16.8. The number of nitrogens with zero attached hydrogens (tertiary/aromatic N) is 2. The summed E-state index contributed by atoms with van der Waals surface area (Å²) in [5.74, 6) is 6.00. The fourth-order valence-corrected chi connectivity index (χ4v) is 5.88. The second kappa shape index (κ2) is 9.31. The minimum absolute atomic E-state index is 0.0134. The third kappa shape index (κ3) is 5.48. The highest BCUT2D eigenvalue weighted by molar-refractivity contribution is 7.91. The van der Waals surface area contributed by atoms with E-state index in [1.807, 2.05) is 32.0 Å². The lowest BCUT2D eigenvalue weighted by molar-refractivity contribution is 0.0786. The number of anilines is 1. The van der Waals surface area contributed by atoms with Crippen LogP contribution in [0.1, 0.15) is 38.8 Å². The number of sulfonamides is 1. The first-order valence-corrected chi connectivity index (χ1v) is 12.7. The lowest BCUT2D eigenvalue weighted by Crippen LogP contribution is -2.48. The van der Waals surface area contributed by atoms with Crippen molar-refractivity contribution in [3.8, 4) is 11.8 Å². The number of hydrogen-bond acceptors (Lipinski definition) is 6. The van der Waals surface area contributed by atoms with Gasteiger partial charge in [-0.15, -0.1) is 11.3 Å². The van der Waals surface area contributed by atoms with E-state index >= 15 is 0 Å². The van der Waals surface area contributed by atoms with E-state index in [0.29, 0.717) is 36.0 Å². The summed E-state index contributed by atoms with van der Waals surface area (Å²) in [6.07, 6.45) is -0.744. The zero-order valence-corrected chi connectivity index (χ0v) is 20.0. The fourth-order valence-electron chi connectivity index (χ4n) is 3.32. The van der Waals surface area contributed by atoms with E-state index in [9.17, 15) is 18.6 Å². The van der Waals surface area contributed by atoms with E-state index < -0.39 is 21.7 Å². The van der Waals surface area contributed by atoms with E-state index in [1.165, 1.54) is 15.6 Å². The number of piperazine rings is 1. The molecule has 0 radical (unpaired) electrons. The molecule has 31 heavy (non-hydrogen) atoms. The second-order valence-electron chi connectivity index (χ2n) is 8.57. The van der Waals surface area contributed by atoms with Crippen LogP contribution in [0.4, 0.5) is 5.69 Å². The van der Waals surface area contributed by atoms with Crippen LogP contribution in [0.15, 0.2) is 39.9 Å². The summed E-state index contributed by atoms with van der Waals surface area (Å²) in [6, 6.07) is 9.02. The molecule has 1 aliphatic rings. The number of thiophene rings is 1. The Labute approximate surface area is 189 Å². The van der Waals surface area contributed by atoms with Crippen LogP contribution in [-0.2, 0) is 15.6 Å². The second-order valence-corrected chi connectivity index (χ2v) is 11.7. The zero-order valence-electron chi connectivity index (χ0n) is 18.4. The molecule has 2 aromatic rings. The molecule has 1 fully saturated rings. The van der Waals surface area contributed by atoms with Crippen LogP contribution in [0.3, 0.4) is 0 Å². The Kier molecular flexibility index (Phi) is 7.14. The van der Waals surface area contributed by atoms with Crippen molar-refractivity contribution < 1.29 is 18.6 Å². The molecule has 0 aliphatic carbocycles. The molecule has 2 N–H and O–H groups in total. The number of hydrogen-bond donors (Lipinski definition) is 2. The molecule has 1 saturated heterocycles. The standard InChI is InChI=1S/C23H30N2O4S2/c1-17(2)21(26)10-7-18-16-19(23(3,4)27)8-9-20(18)24-11-13-25(14-12-24)31(28,29)22-6-5-15-30-22/h5-6,8-9,15-17,21,26-27H,11-14H2,1-4H3/t21-/m1/s1. The third-order valence-corrected chi connectivity index (χ3v) is 8.63. The molecule has 168 valence electrons. The monoisotopic (exact) mass is 462 g/mol. The van der Waals surface area contributed by atoms with Gasteiger partial charge in [0.2, 0.25) is 0 Å². The Morgan fingerprint density at radius 3 is 2.35 bits per heavy atom. The van der Waals surface area contributed by atoms with Crippen molar-refractivity contribution in [3.05, 3.63) is 46.8 Å². The highest BCUT2D eigenvalue weighted by atomic mass is 32.2. The van der Waals surface area contributed by atoms with Gasteiger partial charge in [0.1, 0.15) is 10.3 Å². The third-order valence-electron chi connectivity index (χ3n) is 5.36. The molecular formula is C23H30N2O4S2. The molecule has 3 rings (SSSR count). The Hall–Kier alpha value is -1.89. The number of aliphatic hydroxyl groups is 2. The average molecular weight is 463 g/mol. The predicted molar refractivity (Wildman–Crippen MR) is 125 cm³/mol. The van der Waals surface area contributed by atoms with Gasteiger partial charge >= 0.3 is 0 Å². The molecule has 1 atom stereocenters. The first-order chi connectivity index (χ1) is 14.5. The van der Waals surface area contributed by atoms with Gasteiger partial charge in [-0.3, -0.25) is 0 Å². The van der Waals surface area contributed by atoms with Crippen molar-refractivity contribution >= 4 is 27.0 Å². The van der Waals surface area contributed by atoms with Crippen molar-refractivity contribution in [1.82, 2.24) is 4.31 Å². The number of benzene rings is 1.